The molecule has 2 aliphatic rings. The summed E-state index contributed by atoms with van der Waals surface area (Å²) in [5.74, 6) is 0.489. The summed E-state index contributed by atoms with van der Waals surface area (Å²) in [6.07, 6.45) is 7.06. The molecule has 1 aromatic rings. The van der Waals surface area contributed by atoms with E-state index in [-0.39, 0.29) is 5.92 Å². The Morgan fingerprint density at radius 1 is 1.05 bits per heavy atom. The van der Waals surface area contributed by atoms with Crippen molar-refractivity contribution in [3.63, 3.8) is 0 Å². The second kappa shape index (κ2) is 5.69. The van der Waals surface area contributed by atoms with Crippen LogP contribution in [0, 0.1) is 5.92 Å². The Kier molecular flexibility index (Phi) is 3.77. The van der Waals surface area contributed by atoms with E-state index in [9.17, 15) is 4.79 Å². The number of rotatable bonds is 2. The molecule has 0 unspecified atom stereocenters. The average molecular weight is 264 g/mol. The van der Waals surface area contributed by atoms with Gasteiger partial charge in [0.15, 0.2) is 0 Å². The van der Waals surface area contributed by atoms with Gasteiger partial charge in [0.05, 0.1) is 18.4 Å². The molecule has 0 aliphatic carbocycles. The zero-order valence-corrected chi connectivity index (χ0v) is 11.1. The molecule has 104 valence electrons. The molecule has 0 bridgehead atoms. The largest absolute Gasteiger partial charge is 0.381 e. The van der Waals surface area contributed by atoms with Crippen LogP contribution in [0.4, 0.5) is 0 Å². The number of hydrogen-bond acceptors (Lipinski definition) is 4. The van der Waals surface area contributed by atoms with Gasteiger partial charge in [-0.1, -0.05) is 0 Å². The highest BCUT2D eigenvalue weighted by Crippen LogP contribution is 2.24. The van der Waals surface area contributed by atoms with Crippen molar-refractivity contribution >= 4 is 5.91 Å². The smallest absolute Gasteiger partial charge is 0.225 e. The number of likely N-dealkylation sites (tertiary alicyclic amines) is 1. The van der Waals surface area contributed by atoms with E-state index in [1.54, 1.807) is 17.2 Å². The van der Waals surface area contributed by atoms with Gasteiger partial charge in [0.2, 0.25) is 5.91 Å². The van der Waals surface area contributed by atoms with E-state index < -0.39 is 0 Å². The van der Waals surface area contributed by atoms with Crippen LogP contribution in [0.2, 0.25) is 0 Å². The normalized spacial score (nSPS) is 22.6. The lowest BCUT2D eigenvalue weighted by Crippen LogP contribution is -2.43. The standard InChI is InChI=1S/C13H20N4O2/c18-13(11-3-9-19-10-4-11)16-7-1-12(2-8-16)17-14-5-6-15-17/h5-6,11-12H,1-4,7-10H2. The van der Waals surface area contributed by atoms with Crippen LogP contribution < -0.4 is 0 Å². The maximum absolute atomic E-state index is 12.4. The van der Waals surface area contributed by atoms with Crippen LogP contribution in [-0.2, 0) is 9.53 Å². The van der Waals surface area contributed by atoms with Crippen LogP contribution in [0.15, 0.2) is 12.4 Å². The third-order valence-corrected chi connectivity index (χ3v) is 4.11. The van der Waals surface area contributed by atoms with Crippen LogP contribution >= 0.6 is 0 Å². The molecule has 3 rings (SSSR count). The second-order valence-electron chi connectivity index (χ2n) is 5.29. The second-order valence-corrected chi connectivity index (χ2v) is 5.29. The Labute approximate surface area is 112 Å². The lowest BCUT2D eigenvalue weighted by Gasteiger charge is -2.34. The molecular weight excluding hydrogens is 244 g/mol. The fraction of sp³-hybridized carbons (Fsp3) is 0.769. The SMILES string of the molecule is O=C(C1CCOCC1)N1CCC(n2nccn2)CC1. The number of hydrogen-bond donors (Lipinski definition) is 0. The van der Waals surface area contributed by atoms with E-state index in [1.807, 2.05) is 4.90 Å². The molecule has 3 heterocycles. The van der Waals surface area contributed by atoms with Crippen molar-refractivity contribution in [1.82, 2.24) is 19.9 Å². The fourth-order valence-electron chi connectivity index (χ4n) is 2.93. The Balaban J connectivity index is 1.53. The summed E-state index contributed by atoms with van der Waals surface area (Å²) in [6, 6.07) is 0.341. The lowest BCUT2D eigenvalue weighted by molar-refractivity contribution is -0.139. The molecule has 0 saturated carbocycles. The number of ether oxygens (including phenoxy) is 1. The summed E-state index contributed by atoms with van der Waals surface area (Å²) >= 11 is 0. The molecule has 1 aromatic heterocycles. The molecule has 0 atom stereocenters. The first-order valence-corrected chi connectivity index (χ1v) is 7.07. The zero-order chi connectivity index (χ0) is 13.1. The van der Waals surface area contributed by atoms with Crippen molar-refractivity contribution in [2.24, 2.45) is 5.92 Å². The number of carbonyl (C=O) groups excluding carboxylic acids is 1. The van der Waals surface area contributed by atoms with Crippen molar-refractivity contribution in [2.75, 3.05) is 26.3 Å². The predicted octanol–water partition coefficient (Wildman–Crippen LogP) is 0.868. The van der Waals surface area contributed by atoms with Crippen LogP contribution in [0.3, 0.4) is 0 Å². The molecule has 19 heavy (non-hydrogen) atoms. The summed E-state index contributed by atoms with van der Waals surface area (Å²) in [5, 5.41) is 8.37. The first-order chi connectivity index (χ1) is 9.34. The first kappa shape index (κ1) is 12.6. The Hall–Kier alpha value is -1.43. The van der Waals surface area contributed by atoms with Crippen molar-refractivity contribution in [2.45, 2.75) is 31.7 Å². The number of nitrogens with zero attached hydrogens (tertiary/aromatic N) is 4. The third kappa shape index (κ3) is 2.78. The van der Waals surface area contributed by atoms with Crippen LogP contribution in [0.25, 0.3) is 0 Å². The van der Waals surface area contributed by atoms with Gasteiger partial charge in [-0.15, -0.1) is 0 Å². The molecule has 0 spiro atoms. The summed E-state index contributed by atoms with van der Waals surface area (Å²) in [4.78, 5) is 16.2. The molecular formula is C13H20N4O2. The molecule has 1 amide bonds. The minimum Gasteiger partial charge on any atom is -0.381 e. The van der Waals surface area contributed by atoms with Crippen LogP contribution in [-0.4, -0.2) is 52.1 Å². The van der Waals surface area contributed by atoms with E-state index in [1.165, 1.54) is 0 Å². The van der Waals surface area contributed by atoms with Gasteiger partial charge < -0.3 is 9.64 Å². The third-order valence-electron chi connectivity index (χ3n) is 4.11. The maximum atomic E-state index is 12.4. The van der Waals surface area contributed by atoms with Gasteiger partial charge in [0, 0.05) is 32.2 Å². The van der Waals surface area contributed by atoms with Gasteiger partial charge >= 0.3 is 0 Å². The summed E-state index contributed by atoms with van der Waals surface area (Å²) < 4.78 is 5.31. The Morgan fingerprint density at radius 3 is 2.32 bits per heavy atom. The van der Waals surface area contributed by atoms with Gasteiger partial charge in [-0.2, -0.15) is 15.0 Å². The highest BCUT2D eigenvalue weighted by Gasteiger charge is 2.30. The van der Waals surface area contributed by atoms with Crippen LogP contribution in [0.5, 0.6) is 0 Å². The molecule has 0 radical (unpaired) electrons. The summed E-state index contributed by atoms with van der Waals surface area (Å²) in [5.41, 5.74) is 0. The van der Waals surface area contributed by atoms with Crippen LogP contribution in [0.1, 0.15) is 31.7 Å². The van der Waals surface area contributed by atoms with E-state index in [2.05, 4.69) is 10.2 Å². The fourth-order valence-corrected chi connectivity index (χ4v) is 2.93. The number of carbonyl (C=O) groups is 1. The van der Waals surface area contributed by atoms with E-state index in [4.69, 9.17) is 4.74 Å². The lowest BCUT2D eigenvalue weighted by atomic mass is 9.96. The monoisotopic (exact) mass is 264 g/mol. The topological polar surface area (TPSA) is 60.2 Å². The van der Waals surface area contributed by atoms with E-state index in [0.29, 0.717) is 11.9 Å². The van der Waals surface area contributed by atoms with Crippen molar-refractivity contribution < 1.29 is 9.53 Å². The van der Waals surface area contributed by atoms with Gasteiger partial charge in [0.25, 0.3) is 0 Å². The molecule has 6 nitrogen and oxygen atoms in total. The predicted molar refractivity (Wildman–Crippen MR) is 68.4 cm³/mol. The van der Waals surface area contributed by atoms with Crippen molar-refractivity contribution in [3.8, 4) is 0 Å². The zero-order valence-electron chi connectivity index (χ0n) is 11.1. The molecule has 6 heteroatoms. The van der Waals surface area contributed by atoms with Gasteiger partial charge in [-0.3, -0.25) is 4.79 Å². The average Bonchev–Trinajstić information content (AvgIpc) is 3.02. The minimum atomic E-state index is 0.174. The highest BCUT2D eigenvalue weighted by atomic mass is 16.5. The van der Waals surface area contributed by atoms with E-state index >= 15 is 0 Å². The van der Waals surface area contributed by atoms with E-state index in [0.717, 1.165) is 52.0 Å². The number of amides is 1. The summed E-state index contributed by atoms with van der Waals surface area (Å²) in [6.45, 7) is 3.10. The molecule has 2 fully saturated rings. The minimum absolute atomic E-state index is 0.174. The Bertz CT molecular complexity index is 406. The van der Waals surface area contributed by atoms with Gasteiger partial charge in [-0.25, -0.2) is 0 Å². The molecule has 0 N–H and O–H groups in total. The first-order valence-electron chi connectivity index (χ1n) is 7.07. The number of aromatic nitrogens is 3. The quantitative estimate of drug-likeness (QED) is 0.795. The molecule has 2 saturated heterocycles. The Morgan fingerprint density at radius 2 is 1.68 bits per heavy atom. The highest BCUT2D eigenvalue weighted by molar-refractivity contribution is 5.79. The van der Waals surface area contributed by atoms with Gasteiger partial charge in [-0.05, 0) is 25.7 Å². The van der Waals surface area contributed by atoms with Crippen molar-refractivity contribution in [1.29, 1.82) is 0 Å². The number of piperidine rings is 1. The molecule has 0 aromatic carbocycles. The maximum Gasteiger partial charge on any atom is 0.225 e. The van der Waals surface area contributed by atoms with Gasteiger partial charge in [0.1, 0.15) is 0 Å². The summed E-state index contributed by atoms with van der Waals surface area (Å²) in [7, 11) is 0. The molecule has 2 aliphatic heterocycles. The van der Waals surface area contributed by atoms with Crippen molar-refractivity contribution in [3.05, 3.63) is 12.4 Å².